The summed E-state index contributed by atoms with van der Waals surface area (Å²) in [5.74, 6) is -2.49. The third-order valence-corrected chi connectivity index (χ3v) is 8.73. The van der Waals surface area contributed by atoms with Crippen LogP contribution in [0.3, 0.4) is 0 Å². The van der Waals surface area contributed by atoms with Crippen molar-refractivity contribution in [1.29, 1.82) is 0 Å². The highest BCUT2D eigenvalue weighted by Crippen LogP contribution is 2.37. The van der Waals surface area contributed by atoms with E-state index in [2.05, 4.69) is 5.32 Å². The maximum absolute atomic E-state index is 13.2. The highest BCUT2D eigenvalue weighted by molar-refractivity contribution is 7.88. The Bertz CT molecular complexity index is 1340. The zero-order valence-corrected chi connectivity index (χ0v) is 20.9. The Labute approximate surface area is 213 Å². The Balaban J connectivity index is 1.55. The van der Waals surface area contributed by atoms with E-state index in [0.29, 0.717) is 29.1 Å². The van der Waals surface area contributed by atoms with Crippen molar-refractivity contribution in [3.05, 3.63) is 71.1 Å². The second-order valence-corrected chi connectivity index (χ2v) is 11.4. The largest absolute Gasteiger partial charge is 0.480 e. The molecule has 1 aliphatic heterocycles. The van der Waals surface area contributed by atoms with Crippen LogP contribution < -0.4 is 10.1 Å². The minimum absolute atomic E-state index is 0.00581. The topological polar surface area (TPSA) is 133 Å². The average molecular weight is 531 g/mol. The Hall–Kier alpha value is -3.41. The molecule has 2 aromatic carbocycles. The number of hydrogen-bond donors (Lipinski definition) is 3. The highest BCUT2D eigenvalue weighted by atomic mass is 32.2. The summed E-state index contributed by atoms with van der Waals surface area (Å²) < 4.78 is 33.2. The van der Waals surface area contributed by atoms with Crippen molar-refractivity contribution in [3.8, 4) is 16.2 Å². The lowest BCUT2D eigenvalue weighted by molar-refractivity contribution is -0.139. The first-order chi connectivity index (χ1) is 17.2. The standard InChI is InChI=1S/C25H26N2O7S2/c28-23(29)15-34-20-14-21(35-24(20)25(30)31)18-9-6-10-19(13-18)26-22-11-4-5-12-27(22)36(32,33)16-17-7-2-1-3-8-17/h1-3,6-10,13-14,22,26H,4-5,11-12,15-16H2,(H,28,29)(H,30,31). The third-order valence-electron chi connectivity index (χ3n) is 5.73. The molecule has 0 radical (unpaired) electrons. The molecule has 0 amide bonds. The second-order valence-electron chi connectivity index (χ2n) is 8.38. The fourth-order valence-corrected chi connectivity index (χ4v) is 6.79. The molecule has 1 saturated heterocycles. The summed E-state index contributed by atoms with van der Waals surface area (Å²) in [6, 6.07) is 17.8. The number of ether oxygens (including phenoxy) is 1. The first kappa shape index (κ1) is 25.7. The van der Waals surface area contributed by atoms with Crippen LogP contribution in [-0.4, -0.2) is 54.2 Å². The van der Waals surface area contributed by atoms with E-state index >= 15 is 0 Å². The number of carbonyl (C=O) groups is 2. The number of carboxylic acids is 2. The van der Waals surface area contributed by atoms with Crippen LogP contribution in [0, 0.1) is 0 Å². The monoisotopic (exact) mass is 530 g/mol. The van der Waals surface area contributed by atoms with Gasteiger partial charge in [-0.15, -0.1) is 11.3 Å². The number of aromatic carboxylic acids is 1. The molecule has 190 valence electrons. The van der Waals surface area contributed by atoms with Crippen LogP contribution in [0.5, 0.6) is 5.75 Å². The molecule has 1 aliphatic rings. The van der Waals surface area contributed by atoms with E-state index < -0.39 is 34.7 Å². The number of sulfonamides is 1. The molecular weight excluding hydrogens is 504 g/mol. The van der Waals surface area contributed by atoms with Gasteiger partial charge in [-0.1, -0.05) is 42.5 Å². The normalized spacial score (nSPS) is 16.4. The number of benzene rings is 2. The number of nitrogens with one attached hydrogen (secondary N) is 1. The highest BCUT2D eigenvalue weighted by Gasteiger charge is 2.32. The fraction of sp³-hybridized carbons (Fsp3) is 0.280. The van der Waals surface area contributed by atoms with Gasteiger partial charge < -0.3 is 20.3 Å². The van der Waals surface area contributed by atoms with Crippen LogP contribution in [0.15, 0.2) is 60.7 Å². The van der Waals surface area contributed by atoms with E-state index in [1.54, 1.807) is 24.3 Å². The zero-order chi connectivity index (χ0) is 25.7. The van der Waals surface area contributed by atoms with Gasteiger partial charge in [0.05, 0.1) is 11.9 Å². The number of nitrogens with zero attached hydrogens (tertiary/aromatic N) is 1. The van der Waals surface area contributed by atoms with Crippen molar-refractivity contribution in [2.75, 3.05) is 18.5 Å². The Morgan fingerprint density at radius 3 is 2.56 bits per heavy atom. The van der Waals surface area contributed by atoms with Crippen molar-refractivity contribution in [3.63, 3.8) is 0 Å². The van der Waals surface area contributed by atoms with Gasteiger partial charge in [-0.05, 0) is 48.6 Å². The van der Waals surface area contributed by atoms with Crippen molar-refractivity contribution in [2.45, 2.75) is 31.2 Å². The summed E-state index contributed by atoms with van der Waals surface area (Å²) in [5.41, 5.74) is 2.13. The smallest absolute Gasteiger partial charge is 0.349 e. The molecule has 36 heavy (non-hydrogen) atoms. The maximum Gasteiger partial charge on any atom is 0.349 e. The molecule has 1 atom stereocenters. The Morgan fingerprint density at radius 2 is 1.83 bits per heavy atom. The SMILES string of the molecule is O=C(O)COc1cc(-c2cccc(NC3CCCCN3S(=O)(=O)Cc3ccccc3)c2)sc1C(=O)O. The van der Waals surface area contributed by atoms with Gasteiger partial charge >= 0.3 is 11.9 Å². The van der Waals surface area contributed by atoms with Crippen molar-refractivity contribution in [2.24, 2.45) is 0 Å². The van der Waals surface area contributed by atoms with Crippen LogP contribution in [0.4, 0.5) is 5.69 Å². The number of piperidine rings is 1. The second kappa shape index (κ2) is 11.1. The summed E-state index contributed by atoms with van der Waals surface area (Å²) in [7, 11) is -3.55. The fourth-order valence-electron chi connectivity index (χ4n) is 4.12. The summed E-state index contributed by atoms with van der Waals surface area (Å²) in [6.07, 6.45) is 1.94. The lowest BCUT2D eigenvalue weighted by Crippen LogP contribution is -2.48. The van der Waals surface area contributed by atoms with Gasteiger partial charge in [-0.3, -0.25) is 0 Å². The lowest BCUT2D eigenvalue weighted by Gasteiger charge is -2.35. The van der Waals surface area contributed by atoms with E-state index in [1.165, 1.54) is 10.4 Å². The third kappa shape index (κ3) is 6.23. The van der Waals surface area contributed by atoms with Crippen molar-refractivity contribution in [1.82, 2.24) is 4.31 Å². The summed E-state index contributed by atoms with van der Waals surface area (Å²) in [5, 5.41) is 21.7. The van der Waals surface area contributed by atoms with Crippen molar-refractivity contribution >= 4 is 39.0 Å². The number of rotatable bonds is 10. The maximum atomic E-state index is 13.2. The van der Waals surface area contributed by atoms with Gasteiger partial charge in [-0.2, -0.15) is 4.31 Å². The minimum atomic E-state index is -3.55. The van der Waals surface area contributed by atoms with Crippen LogP contribution in [0.2, 0.25) is 0 Å². The molecule has 9 nitrogen and oxygen atoms in total. The molecule has 0 spiro atoms. The molecule has 4 rings (SSSR count). The van der Waals surface area contributed by atoms with Crippen LogP contribution in [0.25, 0.3) is 10.4 Å². The molecule has 0 saturated carbocycles. The minimum Gasteiger partial charge on any atom is -0.480 e. The summed E-state index contributed by atoms with van der Waals surface area (Å²) in [6.45, 7) is -0.212. The van der Waals surface area contributed by atoms with Gasteiger partial charge in [0.15, 0.2) is 11.5 Å². The summed E-state index contributed by atoms with van der Waals surface area (Å²) >= 11 is 0.982. The molecule has 1 unspecified atom stereocenters. The lowest BCUT2D eigenvalue weighted by atomic mass is 10.1. The van der Waals surface area contributed by atoms with Gasteiger partial charge in [0.1, 0.15) is 5.75 Å². The predicted octanol–water partition coefficient (Wildman–Crippen LogP) is 4.33. The first-order valence-electron chi connectivity index (χ1n) is 11.3. The molecule has 11 heteroatoms. The molecular formula is C25H26N2O7S2. The number of hydrogen-bond acceptors (Lipinski definition) is 7. The number of aliphatic carboxylic acids is 1. The molecule has 0 bridgehead atoms. The molecule has 3 aromatic rings. The van der Waals surface area contributed by atoms with Gasteiger partial charge in [-0.25, -0.2) is 18.0 Å². The van der Waals surface area contributed by atoms with E-state index in [1.807, 2.05) is 30.3 Å². The van der Waals surface area contributed by atoms with Gasteiger partial charge in [0, 0.05) is 17.1 Å². The van der Waals surface area contributed by atoms with E-state index in [9.17, 15) is 23.1 Å². The number of carboxylic acid groups (broad SMARTS) is 2. The van der Waals surface area contributed by atoms with E-state index in [4.69, 9.17) is 9.84 Å². The van der Waals surface area contributed by atoms with Crippen LogP contribution >= 0.6 is 11.3 Å². The average Bonchev–Trinajstić information content (AvgIpc) is 3.28. The molecule has 3 N–H and O–H groups in total. The van der Waals surface area contributed by atoms with Gasteiger partial charge in [0.2, 0.25) is 10.0 Å². The molecule has 1 fully saturated rings. The summed E-state index contributed by atoms with van der Waals surface area (Å²) in [4.78, 5) is 23.0. The number of thiophene rings is 1. The number of anilines is 1. The molecule has 2 heterocycles. The predicted molar refractivity (Wildman–Crippen MR) is 137 cm³/mol. The Kier molecular flexibility index (Phi) is 7.92. The van der Waals surface area contributed by atoms with E-state index in [0.717, 1.165) is 29.7 Å². The van der Waals surface area contributed by atoms with E-state index in [-0.39, 0.29) is 16.4 Å². The zero-order valence-electron chi connectivity index (χ0n) is 19.3. The molecule has 1 aromatic heterocycles. The first-order valence-corrected chi connectivity index (χ1v) is 13.8. The quantitative estimate of drug-likeness (QED) is 0.353. The van der Waals surface area contributed by atoms with Crippen LogP contribution in [-0.2, 0) is 20.6 Å². The molecule has 0 aliphatic carbocycles. The van der Waals surface area contributed by atoms with Crippen molar-refractivity contribution < 1.29 is 33.0 Å². The Morgan fingerprint density at radius 1 is 1.06 bits per heavy atom. The van der Waals surface area contributed by atoms with Gasteiger partial charge in [0.25, 0.3) is 0 Å². The van der Waals surface area contributed by atoms with Crippen LogP contribution in [0.1, 0.15) is 34.5 Å².